The molecule has 0 aliphatic carbocycles. The van der Waals surface area contributed by atoms with Crippen LogP contribution in [-0.2, 0) is 17.8 Å². The van der Waals surface area contributed by atoms with E-state index in [9.17, 15) is 4.79 Å². The van der Waals surface area contributed by atoms with Crippen molar-refractivity contribution in [2.75, 3.05) is 38.2 Å². The minimum absolute atomic E-state index is 0.0662. The van der Waals surface area contributed by atoms with Gasteiger partial charge in [-0.3, -0.25) is 4.79 Å². The van der Waals surface area contributed by atoms with Gasteiger partial charge in [0.15, 0.2) is 5.76 Å². The Balaban J connectivity index is 1.58. The van der Waals surface area contributed by atoms with Crippen LogP contribution in [-0.4, -0.2) is 54.1 Å². The van der Waals surface area contributed by atoms with Crippen molar-refractivity contribution < 1.29 is 13.9 Å². The molecule has 162 valence electrons. The lowest BCUT2D eigenvalue weighted by Gasteiger charge is -2.36. The van der Waals surface area contributed by atoms with E-state index in [2.05, 4.69) is 41.1 Å². The van der Waals surface area contributed by atoms with Crippen molar-refractivity contribution in [3.05, 3.63) is 76.6 Å². The molecule has 0 unspecified atom stereocenters. The number of anilines is 1. The van der Waals surface area contributed by atoms with Gasteiger partial charge in [0, 0.05) is 45.3 Å². The number of aryl methyl sites for hydroxylation is 2. The zero-order valence-corrected chi connectivity index (χ0v) is 18.3. The SMILES string of the molecule is COCc1nc(C)nc(N2CCN(C(=O)c3ccco3)CC2)c1Cc1ccc(C)cc1. The van der Waals surface area contributed by atoms with Gasteiger partial charge in [-0.05, 0) is 31.5 Å². The van der Waals surface area contributed by atoms with Crippen LogP contribution in [0.3, 0.4) is 0 Å². The average molecular weight is 421 g/mol. The van der Waals surface area contributed by atoms with Crippen LogP contribution >= 0.6 is 0 Å². The summed E-state index contributed by atoms with van der Waals surface area (Å²) >= 11 is 0. The van der Waals surface area contributed by atoms with E-state index in [1.165, 1.54) is 17.4 Å². The molecule has 1 saturated heterocycles. The monoisotopic (exact) mass is 420 g/mol. The first-order valence-electron chi connectivity index (χ1n) is 10.5. The number of rotatable bonds is 6. The second-order valence-electron chi connectivity index (χ2n) is 7.87. The van der Waals surface area contributed by atoms with Crippen LogP contribution in [0.4, 0.5) is 5.82 Å². The number of carbonyl (C=O) groups excluding carboxylic acids is 1. The molecular formula is C24H28N4O3. The number of benzene rings is 1. The Kier molecular flexibility index (Phi) is 6.32. The van der Waals surface area contributed by atoms with E-state index in [1.807, 2.05) is 11.8 Å². The van der Waals surface area contributed by atoms with Gasteiger partial charge in [0.1, 0.15) is 11.6 Å². The van der Waals surface area contributed by atoms with Crippen LogP contribution < -0.4 is 4.90 Å². The van der Waals surface area contributed by atoms with E-state index in [-0.39, 0.29) is 5.91 Å². The summed E-state index contributed by atoms with van der Waals surface area (Å²) < 4.78 is 10.7. The number of piperazine rings is 1. The van der Waals surface area contributed by atoms with E-state index in [4.69, 9.17) is 14.1 Å². The maximum Gasteiger partial charge on any atom is 0.289 e. The first kappa shape index (κ1) is 21.1. The molecule has 7 nitrogen and oxygen atoms in total. The topological polar surface area (TPSA) is 71.7 Å². The van der Waals surface area contributed by atoms with Crippen molar-refractivity contribution in [2.24, 2.45) is 0 Å². The van der Waals surface area contributed by atoms with Crippen LogP contribution in [0.1, 0.15) is 38.8 Å². The quantitative estimate of drug-likeness (QED) is 0.609. The molecule has 4 rings (SSSR count). The second kappa shape index (κ2) is 9.31. The minimum atomic E-state index is -0.0662. The lowest BCUT2D eigenvalue weighted by Crippen LogP contribution is -2.49. The highest BCUT2D eigenvalue weighted by Crippen LogP contribution is 2.26. The Morgan fingerprint density at radius 2 is 1.81 bits per heavy atom. The molecule has 0 saturated carbocycles. The van der Waals surface area contributed by atoms with Crippen molar-refractivity contribution in [1.82, 2.24) is 14.9 Å². The van der Waals surface area contributed by atoms with Gasteiger partial charge in [-0.2, -0.15) is 0 Å². The Bertz CT molecular complexity index is 1020. The summed E-state index contributed by atoms with van der Waals surface area (Å²) in [6.45, 7) is 7.08. The minimum Gasteiger partial charge on any atom is -0.459 e. The first-order chi connectivity index (χ1) is 15.0. The third kappa shape index (κ3) is 4.77. The summed E-state index contributed by atoms with van der Waals surface area (Å²) in [5.74, 6) is 1.98. The third-order valence-corrected chi connectivity index (χ3v) is 5.56. The molecule has 0 atom stereocenters. The number of aromatic nitrogens is 2. The summed E-state index contributed by atoms with van der Waals surface area (Å²) in [6, 6.07) is 12.0. The Labute approximate surface area is 182 Å². The van der Waals surface area contributed by atoms with Gasteiger partial charge in [0.05, 0.1) is 18.6 Å². The Hall–Kier alpha value is -3.19. The average Bonchev–Trinajstić information content (AvgIpc) is 3.31. The molecule has 0 radical (unpaired) electrons. The molecule has 1 aliphatic rings. The van der Waals surface area contributed by atoms with Gasteiger partial charge < -0.3 is 19.0 Å². The largest absolute Gasteiger partial charge is 0.459 e. The fourth-order valence-corrected chi connectivity index (χ4v) is 3.92. The fourth-order valence-electron chi connectivity index (χ4n) is 3.92. The summed E-state index contributed by atoms with van der Waals surface area (Å²) in [5, 5.41) is 0. The third-order valence-electron chi connectivity index (χ3n) is 5.56. The van der Waals surface area contributed by atoms with E-state index in [0.717, 1.165) is 29.3 Å². The van der Waals surface area contributed by atoms with E-state index < -0.39 is 0 Å². The Morgan fingerprint density at radius 1 is 1.06 bits per heavy atom. The maximum absolute atomic E-state index is 12.6. The second-order valence-corrected chi connectivity index (χ2v) is 7.87. The van der Waals surface area contributed by atoms with Crippen LogP contribution in [0.2, 0.25) is 0 Å². The van der Waals surface area contributed by atoms with Gasteiger partial charge in [0.25, 0.3) is 5.91 Å². The zero-order valence-electron chi connectivity index (χ0n) is 18.3. The molecule has 0 spiro atoms. The number of hydrogen-bond donors (Lipinski definition) is 0. The molecule has 1 amide bonds. The number of hydrogen-bond acceptors (Lipinski definition) is 6. The predicted molar refractivity (Wildman–Crippen MR) is 118 cm³/mol. The molecule has 2 aromatic heterocycles. The maximum atomic E-state index is 12.6. The number of amides is 1. The van der Waals surface area contributed by atoms with E-state index >= 15 is 0 Å². The van der Waals surface area contributed by atoms with Gasteiger partial charge in [-0.1, -0.05) is 29.8 Å². The van der Waals surface area contributed by atoms with Crippen LogP contribution in [0.15, 0.2) is 47.1 Å². The molecule has 31 heavy (non-hydrogen) atoms. The molecule has 1 fully saturated rings. The highest BCUT2D eigenvalue weighted by Gasteiger charge is 2.27. The van der Waals surface area contributed by atoms with Crippen molar-refractivity contribution in [2.45, 2.75) is 26.9 Å². The van der Waals surface area contributed by atoms with Gasteiger partial charge in [-0.25, -0.2) is 9.97 Å². The number of carbonyl (C=O) groups is 1. The van der Waals surface area contributed by atoms with E-state index in [0.29, 0.717) is 38.5 Å². The number of furan rings is 1. The molecular weight excluding hydrogens is 392 g/mol. The summed E-state index contributed by atoms with van der Waals surface area (Å²) in [4.78, 5) is 26.2. The highest BCUT2D eigenvalue weighted by molar-refractivity contribution is 5.91. The van der Waals surface area contributed by atoms with Crippen LogP contribution in [0.25, 0.3) is 0 Å². The molecule has 0 N–H and O–H groups in total. The molecule has 3 aromatic rings. The first-order valence-corrected chi connectivity index (χ1v) is 10.5. The fraction of sp³-hybridized carbons (Fsp3) is 0.375. The molecule has 0 bridgehead atoms. The number of nitrogens with zero attached hydrogens (tertiary/aromatic N) is 4. The molecule has 1 aromatic carbocycles. The van der Waals surface area contributed by atoms with Gasteiger partial charge >= 0.3 is 0 Å². The van der Waals surface area contributed by atoms with E-state index in [1.54, 1.807) is 19.2 Å². The molecule has 7 heteroatoms. The predicted octanol–water partition coefficient (Wildman–Crippen LogP) is 3.39. The normalized spacial score (nSPS) is 14.2. The Morgan fingerprint density at radius 3 is 2.45 bits per heavy atom. The summed E-state index contributed by atoms with van der Waals surface area (Å²) in [5.41, 5.74) is 4.45. The van der Waals surface area contributed by atoms with Crippen molar-refractivity contribution in [3.63, 3.8) is 0 Å². The van der Waals surface area contributed by atoms with Crippen molar-refractivity contribution >= 4 is 11.7 Å². The number of ether oxygens (including phenoxy) is 1. The number of methoxy groups -OCH3 is 1. The molecule has 3 heterocycles. The van der Waals surface area contributed by atoms with Gasteiger partial charge in [-0.15, -0.1) is 0 Å². The lowest BCUT2D eigenvalue weighted by atomic mass is 10.0. The highest BCUT2D eigenvalue weighted by atomic mass is 16.5. The lowest BCUT2D eigenvalue weighted by molar-refractivity contribution is 0.0714. The summed E-state index contributed by atoms with van der Waals surface area (Å²) in [7, 11) is 1.69. The smallest absolute Gasteiger partial charge is 0.289 e. The standard InChI is InChI=1S/C24H28N4O3/c1-17-6-8-19(9-7-17)15-20-21(16-30-3)25-18(2)26-23(20)27-10-12-28(13-11-27)24(29)22-5-4-14-31-22/h4-9,14H,10-13,15-16H2,1-3H3. The van der Waals surface area contributed by atoms with Crippen LogP contribution in [0.5, 0.6) is 0 Å². The zero-order chi connectivity index (χ0) is 21.8. The molecule has 1 aliphatic heterocycles. The van der Waals surface area contributed by atoms with Gasteiger partial charge in [0.2, 0.25) is 0 Å². The van der Waals surface area contributed by atoms with Crippen molar-refractivity contribution in [3.8, 4) is 0 Å². The van der Waals surface area contributed by atoms with Crippen LogP contribution in [0, 0.1) is 13.8 Å². The summed E-state index contributed by atoms with van der Waals surface area (Å²) in [6.07, 6.45) is 2.27. The van der Waals surface area contributed by atoms with Crippen molar-refractivity contribution in [1.29, 1.82) is 0 Å².